The van der Waals surface area contributed by atoms with Crippen LogP contribution < -0.4 is 11.5 Å². The zero-order valence-electron chi connectivity index (χ0n) is 8.26. The minimum Gasteiger partial charge on any atom is -0.394 e. The van der Waals surface area contributed by atoms with Crippen molar-refractivity contribution >= 4 is 11.9 Å². The first-order valence-electron chi connectivity index (χ1n) is 4.27. The van der Waals surface area contributed by atoms with E-state index < -0.39 is 42.9 Å². The number of nitrogens with two attached hydrogens (primary N) is 2. The van der Waals surface area contributed by atoms with Crippen molar-refractivity contribution in [1.82, 2.24) is 0 Å². The summed E-state index contributed by atoms with van der Waals surface area (Å²) in [6, 6.07) is 0. The highest BCUT2D eigenvalue weighted by Crippen LogP contribution is 2.06. The van der Waals surface area contributed by atoms with Gasteiger partial charge in [0.05, 0.1) is 6.61 Å². The predicted molar refractivity (Wildman–Crippen MR) is 51.9 cm³/mol. The second-order valence-corrected chi connectivity index (χ2v) is 3.05. The largest absolute Gasteiger partial charge is 0.394 e. The Balaban J connectivity index is 4.54. The van der Waals surface area contributed by atoms with Gasteiger partial charge >= 0.3 is 0 Å². The van der Waals surface area contributed by atoms with Crippen LogP contribution in [0.4, 0.5) is 0 Å². The third-order valence-corrected chi connectivity index (χ3v) is 1.75. The van der Waals surface area contributed by atoms with Crippen molar-refractivity contribution in [2.24, 2.45) is 16.5 Å². The lowest BCUT2D eigenvalue weighted by Crippen LogP contribution is -2.48. The Morgan fingerprint density at radius 2 is 1.62 bits per heavy atom. The Morgan fingerprint density at radius 1 is 1.12 bits per heavy atom. The maximum absolute atomic E-state index is 11.0. The summed E-state index contributed by atoms with van der Waals surface area (Å²) < 4.78 is 0. The second kappa shape index (κ2) is 6.35. The average Bonchev–Trinajstić information content (AvgIpc) is 2.23. The lowest BCUT2D eigenvalue weighted by atomic mass is 10.0. The maximum atomic E-state index is 11.0. The number of hydrogen-bond acceptors (Lipinski definition) is 6. The predicted octanol–water partition coefficient (Wildman–Crippen LogP) is -4.78. The van der Waals surface area contributed by atoms with Gasteiger partial charge in [-0.3, -0.25) is 4.79 Å². The van der Waals surface area contributed by atoms with E-state index in [1.165, 1.54) is 0 Å². The van der Waals surface area contributed by atoms with E-state index in [4.69, 9.17) is 26.8 Å². The number of nitrogens with zero attached hydrogens (tertiary/aromatic N) is 1. The van der Waals surface area contributed by atoms with Crippen molar-refractivity contribution in [2.75, 3.05) is 6.61 Å². The average molecular weight is 237 g/mol. The minimum absolute atomic E-state index is 0.617. The summed E-state index contributed by atoms with van der Waals surface area (Å²) in [5.74, 6) is -1.88. The topological polar surface area (TPSA) is 183 Å². The summed E-state index contributed by atoms with van der Waals surface area (Å²) in [6.45, 7) is -0.846. The van der Waals surface area contributed by atoms with E-state index in [0.717, 1.165) is 0 Å². The van der Waals surface area contributed by atoms with Crippen LogP contribution >= 0.6 is 0 Å². The van der Waals surface area contributed by atoms with Crippen LogP contribution in [0.2, 0.25) is 0 Å². The number of guanidine groups is 1. The van der Waals surface area contributed by atoms with Crippen LogP contribution in [0.3, 0.4) is 0 Å². The molecule has 0 saturated heterocycles. The van der Waals surface area contributed by atoms with Crippen LogP contribution in [0.25, 0.3) is 0 Å². The molecule has 0 aromatic rings. The highest BCUT2D eigenvalue weighted by atomic mass is 16.4. The zero-order valence-corrected chi connectivity index (χ0v) is 8.26. The monoisotopic (exact) mass is 237 g/mol. The molecule has 0 fully saturated rings. The molecule has 0 spiro atoms. The van der Waals surface area contributed by atoms with Gasteiger partial charge in [0.15, 0.2) is 12.1 Å². The molecule has 0 aliphatic rings. The van der Waals surface area contributed by atoms with Crippen LogP contribution in [0.1, 0.15) is 0 Å². The van der Waals surface area contributed by atoms with Crippen molar-refractivity contribution in [2.45, 2.75) is 24.4 Å². The summed E-state index contributed by atoms with van der Waals surface area (Å²) in [6.07, 6.45) is -7.72. The third kappa shape index (κ3) is 4.08. The van der Waals surface area contributed by atoms with Crippen LogP contribution in [0.5, 0.6) is 0 Å². The molecule has 0 aliphatic carbocycles. The molecule has 0 heterocycles. The van der Waals surface area contributed by atoms with Gasteiger partial charge in [0.2, 0.25) is 0 Å². The first kappa shape index (κ1) is 14.7. The smallest absolute Gasteiger partial charge is 0.280 e. The highest BCUT2D eigenvalue weighted by Gasteiger charge is 2.34. The van der Waals surface area contributed by atoms with Gasteiger partial charge < -0.3 is 37.0 Å². The Bertz CT molecular complexity index is 267. The lowest BCUT2D eigenvalue weighted by molar-refractivity contribution is -0.145. The summed E-state index contributed by atoms with van der Waals surface area (Å²) >= 11 is 0. The van der Waals surface area contributed by atoms with Crippen molar-refractivity contribution in [3.8, 4) is 0 Å². The molecular weight excluding hydrogens is 222 g/mol. The van der Waals surface area contributed by atoms with Crippen molar-refractivity contribution < 1.29 is 30.3 Å². The van der Waals surface area contributed by atoms with Gasteiger partial charge in [-0.1, -0.05) is 0 Å². The van der Waals surface area contributed by atoms with Crippen LogP contribution in [0, 0.1) is 0 Å². The van der Waals surface area contributed by atoms with Crippen molar-refractivity contribution in [1.29, 1.82) is 0 Å². The Labute approximate surface area is 90.6 Å². The fourth-order valence-electron chi connectivity index (χ4n) is 0.862. The van der Waals surface area contributed by atoms with Crippen molar-refractivity contribution in [3.05, 3.63) is 0 Å². The van der Waals surface area contributed by atoms with E-state index in [1.807, 2.05) is 0 Å². The van der Waals surface area contributed by atoms with Gasteiger partial charge in [-0.2, -0.15) is 4.99 Å². The number of aliphatic imine (C=N–C) groups is 1. The number of amides is 1. The number of carbonyl (C=O) groups is 1. The normalized spacial score (nSPS) is 18.3. The molecular formula is C7H15N3O6. The first-order valence-corrected chi connectivity index (χ1v) is 4.27. The molecule has 16 heavy (non-hydrogen) atoms. The molecule has 0 aromatic carbocycles. The van der Waals surface area contributed by atoms with E-state index in [9.17, 15) is 15.0 Å². The van der Waals surface area contributed by atoms with Crippen LogP contribution in [-0.2, 0) is 4.79 Å². The number of aliphatic hydroxyl groups is 5. The minimum atomic E-state index is -2.10. The number of hydrogen-bond donors (Lipinski definition) is 7. The molecule has 0 saturated carbocycles. The van der Waals surface area contributed by atoms with Gasteiger partial charge in [-0.05, 0) is 0 Å². The third-order valence-electron chi connectivity index (χ3n) is 1.75. The molecule has 0 aliphatic heterocycles. The molecule has 0 radical (unpaired) electrons. The molecule has 0 unspecified atom stereocenters. The van der Waals surface area contributed by atoms with E-state index in [0.29, 0.717) is 0 Å². The number of rotatable bonds is 5. The molecule has 9 heteroatoms. The summed E-state index contributed by atoms with van der Waals surface area (Å²) in [4.78, 5) is 13.9. The van der Waals surface area contributed by atoms with Gasteiger partial charge in [0, 0.05) is 0 Å². The number of carbonyl (C=O) groups excluding carboxylic acids is 1. The molecule has 0 rings (SSSR count). The van der Waals surface area contributed by atoms with E-state index in [2.05, 4.69) is 4.99 Å². The van der Waals surface area contributed by atoms with Gasteiger partial charge in [0.1, 0.15) is 18.3 Å². The Morgan fingerprint density at radius 3 is 2.00 bits per heavy atom. The fourth-order valence-corrected chi connectivity index (χ4v) is 0.862. The molecule has 1 amide bonds. The SMILES string of the molecule is NC(N)=NC(=O)[C@H](O)[C@@H](O)[C@H](O)[C@H](O)CO. The van der Waals surface area contributed by atoms with Gasteiger partial charge in [0.25, 0.3) is 5.91 Å². The molecule has 4 atom stereocenters. The zero-order chi connectivity index (χ0) is 12.9. The quantitative estimate of drug-likeness (QED) is 0.183. The van der Waals surface area contributed by atoms with E-state index in [1.54, 1.807) is 0 Å². The van der Waals surface area contributed by atoms with Gasteiger partial charge in [-0.15, -0.1) is 0 Å². The van der Waals surface area contributed by atoms with Crippen LogP contribution in [0.15, 0.2) is 4.99 Å². The fraction of sp³-hybridized carbons (Fsp3) is 0.714. The summed E-state index contributed by atoms with van der Waals surface area (Å²) in [5, 5.41) is 45.0. The number of aliphatic hydroxyl groups excluding tert-OH is 5. The molecule has 0 aromatic heterocycles. The molecule has 0 bridgehead atoms. The Kier molecular flexibility index (Phi) is 5.85. The molecule has 9 N–H and O–H groups in total. The highest BCUT2D eigenvalue weighted by molar-refractivity contribution is 5.93. The lowest BCUT2D eigenvalue weighted by Gasteiger charge is -2.23. The van der Waals surface area contributed by atoms with Crippen LogP contribution in [-0.4, -0.2) is 68.4 Å². The molecule has 9 nitrogen and oxygen atoms in total. The Hall–Kier alpha value is -1.26. The second-order valence-electron chi connectivity index (χ2n) is 3.05. The standard InChI is InChI=1S/C7H15N3O6/c8-7(9)10-6(16)5(15)4(14)3(13)2(12)1-11/h2-5,11-15H,1H2,(H4,8,9,10,16)/t2-,3-,4+,5-/m1/s1. The van der Waals surface area contributed by atoms with Crippen molar-refractivity contribution in [3.63, 3.8) is 0 Å². The maximum Gasteiger partial charge on any atom is 0.280 e. The van der Waals surface area contributed by atoms with E-state index in [-0.39, 0.29) is 0 Å². The first-order chi connectivity index (χ1) is 7.31. The molecule has 94 valence electrons. The summed E-state index contributed by atoms with van der Waals surface area (Å²) in [5.41, 5.74) is 9.71. The van der Waals surface area contributed by atoms with Gasteiger partial charge in [-0.25, -0.2) is 0 Å². The summed E-state index contributed by atoms with van der Waals surface area (Å²) in [7, 11) is 0. The van der Waals surface area contributed by atoms with E-state index >= 15 is 0 Å².